The van der Waals surface area contributed by atoms with Gasteiger partial charge in [0.2, 0.25) is 5.88 Å². The van der Waals surface area contributed by atoms with E-state index in [1.807, 2.05) is 6.07 Å². The van der Waals surface area contributed by atoms with Gasteiger partial charge in [0.05, 0.1) is 5.52 Å². The summed E-state index contributed by atoms with van der Waals surface area (Å²) in [5.41, 5.74) is 0.728. The van der Waals surface area contributed by atoms with Gasteiger partial charge >= 0.3 is 0 Å². The summed E-state index contributed by atoms with van der Waals surface area (Å²) in [5, 5.41) is 12.6. The summed E-state index contributed by atoms with van der Waals surface area (Å²) in [4.78, 5) is 13.0. The van der Waals surface area contributed by atoms with Crippen molar-refractivity contribution in [2.24, 2.45) is 5.18 Å². The van der Waals surface area contributed by atoms with Crippen LogP contribution < -0.4 is 0 Å². The second kappa shape index (κ2) is 2.85. The van der Waals surface area contributed by atoms with Gasteiger partial charge in [-0.2, -0.15) is 0 Å². The fraction of sp³-hybridized carbons (Fsp3) is 0. The van der Waals surface area contributed by atoms with Crippen LogP contribution in [0.3, 0.4) is 0 Å². The number of H-pyrrole nitrogens is 1. The molecule has 2 N–H and O–H groups in total. The summed E-state index contributed by atoms with van der Waals surface area (Å²) >= 11 is 3.29. The number of hydrogen-bond acceptors (Lipinski definition) is 3. The van der Waals surface area contributed by atoms with Crippen LogP contribution in [0.5, 0.6) is 5.88 Å². The summed E-state index contributed by atoms with van der Waals surface area (Å²) in [5.74, 6) is -0.197. The number of benzene rings is 1. The van der Waals surface area contributed by atoms with Crippen LogP contribution in [-0.4, -0.2) is 10.1 Å². The van der Waals surface area contributed by atoms with Crippen molar-refractivity contribution in [1.82, 2.24) is 4.98 Å². The molecular weight excluding hydrogens is 236 g/mol. The molecule has 2 aromatic rings. The van der Waals surface area contributed by atoms with Gasteiger partial charge in [0, 0.05) is 9.86 Å². The molecule has 4 nitrogen and oxygen atoms in total. The number of aromatic nitrogens is 1. The van der Waals surface area contributed by atoms with Gasteiger partial charge in [0.15, 0.2) is 5.69 Å². The number of aromatic hydroxyl groups is 1. The number of nitrogens with one attached hydrogen (secondary N) is 1. The first-order valence-corrected chi connectivity index (χ1v) is 4.36. The largest absolute Gasteiger partial charge is 0.493 e. The number of para-hydroxylation sites is 1. The Kier molecular flexibility index (Phi) is 1.81. The summed E-state index contributed by atoms with van der Waals surface area (Å²) in [6.45, 7) is 0. The molecule has 0 aliphatic rings. The van der Waals surface area contributed by atoms with Gasteiger partial charge in [-0.1, -0.05) is 12.1 Å². The monoisotopic (exact) mass is 240 g/mol. The first-order chi connectivity index (χ1) is 6.24. The lowest BCUT2D eigenvalue weighted by atomic mass is 10.2. The third kappa shape index (κ3) is 1.12. The van der Waals surface area contributed by atoms with E-state index in [-0.39, 0.29) is 11.6 Å². The van der Waals surface area contributed by atoms with Gasteiger partial charge in [-0.15, -0.1) is 4.91 Å². The minimum absolute atomic E-state index is 0.0521. The van der Waals surface area contributed by atoms with E-state index in [0.29, 0.717) is 10.9 Å². The molecule has 0 amide bonds. The van der Waals surface area contributed by atoms with Gasteiger partial charge in [-0.3, -0.25) is 0 Å². The highest BCUT2D eigenvalue weighted by atomic mass is 79.9. The standard InChI is InChI=1S/C8H5BrN2O2/c9-5-3-1-2-4-6(5)10-8(12)7(4)11-13/h1-3,10,12H. The van der Waals surface area contributed by atoms with E-state index in [4.69, 9.17) is 0 Å². The zero-order valence-corrected chi connectivity index (χ0v) is 8.00. The molecule has 0 saturated heterocycles. The molecule has 0 unspecified atom stereocenters. The van der Waals surface area contributed by atoms with E-state index in [9.17, 15) is 10.0 Å². The lowest BCUT2D eigenvalue weighted by Crippen LogP contribution is -1.68. The Bertz CT molecular complexity index is 478. The molecule has 66 valence electrons. The van der Waals surface area contributed by atoms with Crippen LogP contribution in [0, 0.1) is 4.91 Å². The van der Waals surface area contributed by atoms with Crippen LogP contribution in [0.1, 0.15) is 0 Å². The molecule has 5 heteroatoms. The first-order valence-electron chi connectivity index (χ1n) is 3.56. The second-order valence-electron chi connectivity index (χ2n) is 2.58. The van der Waals surface area contributed by atoms with Crippen molar-refractivity contribution in [3.8, 4) is 5.88 Å². The first kappa shape index (κ1) is 8.25. The molecule has 0 atom stereocenters. The molecule has 0 radical (unpaired) electrons. The lowest BCUT2D eigenvalue weighted by molar-refractivity contribution is 0.460. The summed E-state index contributed by atoms with van der Waals surface area (Å²) in [7, 11) is 0. The molecule has 0 aliphatic heterocycles. The molecule has 0 spiro atoms. The van der Waals surface area contributed by atoms with E-state index in [2.05, 4.69) is 26.1 Å². The third-order valence-electron chi connectivity index (χ3n) is 1.83. The van der Waals surface area contributed by atoms with Gasteiger partial charge in [0.1, 0.15) is 0 Å². The second-order valence-corrected chi connectivity index (χ2v) is 3.43. The number of nitroso groups, excluding NO2 is 1. The van der Waals surface area contributed by atoms with E-state index >= 15 is 0 Å². The highest BCUT2D eigenvalue weighted by Gasteiger charge is 2.12. The SMILES string of the molecule is O=Nc1c(O)[nH]c2c(Br)cccc12. The summed E-state index contributed by atoms with van der Waals surface area (Å²) in [6, 6.07) is 5.30. The van der Waals surface area contributed by atoms with Crippen molar-refractivity contribution in [2.45, 2.75) is 0 Å². The van der Waals surface area contributed by atoms with Crippen LogP contribution in [0.15, 0.2) is 27.8 Å². The number of nitrogens with zero attached hydrogens (tertiary/aromatic N) is 1. The topological polar surface area (TPSA) is 65.4 Å². The molecule has 1 aromatic heterocycles. The number of rotatable bonds is 1. The highest BCUT2D eigenvalue weighted by molar-refractivity contribution is 9.10. The van der Waals surface area contributed by atoms with Crippen LogP contribution in [-0.2, 0) is 0 Å². The molecule has 0 aliphatic carbocycles. The Morgan fingerprint density at radius 2 is 2.23 bits per heavy atom. The molecule has 2 rings (SSSR count). The fourth-order valence-corrected chi connectivity index (χ4v) is 1.71. The number of hydrogen-bond donors (Lipinski definition) is 2. The van der Waals surface area contributed by atoms with Crippen molar-refractivity contribution >= 4 is 32.5 Å². The lowest BCUT2D eigenvalue weighted by Gasteiger charge is -1.91. The Hall–Kier alpha value is -1.36. The average Bonchev–Trinajstić information content (AvgIpc) is 2.43. The van der Waals surface area contributed by atoms with Gasteiger partial charge in [-0.25, -0.2) is 0 Å². The van der Waals surface area contributed by atoms with Crippen molar-refractivity contribution in [3.05, 3.63) is 27.6 Å². The average molecular weight is 241 g/mol. The maximum Gasteiger partial charge on any atom is 0.219 e. The van der Waals surface area contributed by atoms with E-state index < -0.39 is 0 Å². The molecular formula is C8H5BrN2O2. The quantitative estimate of drug-likeness (QED) is 0.753. The zero-order chi connectivity index (χ0) is 9.42. The molecule has 1 heterocycles. The highest BCUT2D eigenvalue weighted by Crippen LogP contribution is 2.37. The number of aromatic amines is 1. The van der Waals surface area contributed by atoms with Crippen molar-refractivity contribution in [3.63, 3.8) is 0 Å². The molecule has 0 saturated carbocycles. The van der Waals surface area contributed by atoms with Gasteiger partial charge in [0.25, 0.3) is 0 Å². The summed E-state index contributed by atoms with van der Waals surface area (Å²) < 4.78 is 0.787. The van der Waals surface area contributed by atoms with E-state index in [0.717, 1.165) is 4.47 Å². The van der Waals surface area contributed by atoms with Crippen LogP contribution >= 0.6 is 15.9 Å². The predicted octanol–water partition coefficient (Wildman–Crippen LogP) is 3.03. The Morgan fingerprint density at radius 3 is 2.92 bits per heavy atom. The minimum atomic E-state index is -0.197. The smallest absolute Gasteiger partial charge is 0.219 e. The molecule has 1 aromatic carbocycles. The molecule has 0 bridgehead atoms. The normalized spacial score (nSPS) is 10.5. The predicted molar refractivity (Wildman–Crippen MR) is 53.1 cm³/mol. The maximum atomic E-state index is 10.4. The van der Waals surface area contributed by atoms with Crippen molar-refractivity contribution in [2.75, 3.05) is 0 Å². The number of halogens is 1. The van der Waals surface area contributed by atoms with E-state index in [1.54, 1.807) is 12.1 Å². The van der Waals surface area contributed by atoms with Crippen molar-refractivity contribution < 1.29 is 5.11 Å². The minimum Gasteiger partial charge on any atom is -0.493 e. The molecule has 13 heavy (non-hydrogen) atoms. The van der Waals surface area contributed by atoms with Gasteiger partial charge in [-0.05, 0) is 27.2 Å². The van der Waals surface area contributed by atoms with Crippen LogP contribution in [0.25, 0.3) is 10.9 Å². The maximum absolute atomic E-state index is 10.4. The van der Waals surface area contributed by atoms with Gasteiger partial charge < -0.3 is 10.1 Å². The Morgan fingerprint density at radius 1 is 1.46 bits per heavy atom. The number of fused-ring (bicyclic) bond motifs is 1. The Balaban J connectivity index is 2.93. The fourth-order valence-electron chi connectivity index (χ4n) is 1.25. The Labute approximate surface area is 81.7 Å². The molecule has 0 fully saturated rings. The van der Waals surface area contributed by atoms with E-state index in [1.165, 1.54) is 0 Å². The third-order valence-corrected chi connectivity index (χ3v) is 2.49. The van der Waals surface area contributed by atoms with Crippen LogP contribution in [0.4, 0.5) is 5.69 Å². The van der Waals surface area contributed by atoms with Crippen LogP contribution in [0.2, 0.25) is 0 Å². The van der Waals surface area contributed by atoms with Crippen molar-refractivity contribution in [1.29, 1.82) is 0 Å². The summed E-state index contributed by atoms with van der Waals surface area (Å²) in [6.07, 6.45) is 0. The zero-order valence-electron chi connectivity index (χ0n) is 6.41.